The molecule has 1 aromatic carbocycles. The molecule has 5 heteroatoms. The van der Waals surface area contributed by atoms with Crippen LogP contribution >= 0.6 is 11.6 Å². The van der Waals surface area contributed by atoms with E-state index >= 15 is 0 Å². The van der Waals surface area contributed by atoms with Gasteiger partial charge in [-0.1, -0.05) is 29.8 Å². The SMILES string of the molecule is O=C([O-])c1cccc(Cn2cc(Cl)cn2)c1. The third-order valence-corrected chi connectivity index (χ3v) is 2.30. The van der Waals surface area contributed by atoms with Crippen molar-refractivity contribution in [2.24, 2.45) is 0 Å². The zero-order chi connectivity index (χ0) is 11.5. The van der Waals surface area contributed by atoms with E-state index in [1.807, 2.05) is 6.07 Å². The molecule has 0 spiro atoms. The van der Waals surface area contributed by atoms with Crippen molar-refractivity contribution in [1.29, 1.82) is 0 Å². The summed E-state index contributed by atoms with van der Waals surface area (Å²) < 4.78 is 1.64. The summed E-state index contributed by atoms with van der Waals surface area (Å²) in [7, 11) is 0. The Morgan fingerprint density at radius 2 is 2.31 bits per heavy atom. The molecule has 0 aliphatic heterocycles. The van der Waals surface area contributed by atoms with Crippen molar-refractivity contribution in [1.82, 2.24) is 9.78 Å². The average Bonchev–Trinajstić information content (AvgIpc) is 2.64. The molecule has 4 nitrogen and oxygen atoms in total. The van der Waals surface area contributed by atoms with Crippen LogP contribution in [-0.2, 0) is 6.54 Å². The standard InChI is InChI=1S/C11H9ClN2O2/c12-10-5-13-14(7-10)6-8-2-1-3-9(4-8)11(15)16/h1-5,7H,6H2,(H,15,16)/p-1. The Kier molecular flexibility index (Phi) is 2.92. The maximum atomic E-state index is 10.7. The molecule has 2 aromatic rings. The molecular formula is C11H8ClN2O2-. The monoisotopic (exact) mass is 235 g/mol. The number of halogens is 1. The van der Waals surface area contributed by atoms with Gasteiger partial charge >= 0.3 is 0 Å². The van der Waals surface area contributed by atoms with Gasteiger partial charge in [-0.15, -0.1) is 0 Å². The summed E-state index contributed by atoms with van der Waals surface area (Å²) >= 11 is 5.72. The lowest BCUT2D eigenvalue weighted by Crippen LogP contribution is -2.22. The summed E-state index contributed by atoms with van der Waals surface area (Å²) in [6.45, 7) is 0.480. The van der Waals surface area contributed by atoms with E-state index in [2.05, 4.69) is 5.10 Å². The normalized spacial score (nSPS) is 10.3. The van der Waals surface area contributed by atoms with E-state index in [0.717, 1.165) is 5.56 Å². The molecular weight excluding hydrogens is 228 g/mol. The van der Waals surface area contributed by atoms with Crippen molar-refractivity contribution < 1.29 is 9.90 Å². The Labute approximate surface area is 97.1 Å². The minimum absolute atomic E-state index is 0.163. The molecule has 0 unspecified atom stereocenters. The number of carbonyl (C=O) groups is 1. The highest BCUT2D eigenvalue weighted by Gasteiger charge is 1.99. The van der Waals surface area contributed by atoms with Gasteiger partial charge in [-0.3, -0.25) is 4.68 Å². The zero-order valence-corrected chi connectivity index (χ0v) is 9.02. The Morgan fingerprint density at radius 3 is 2.94 bits per heavy atom. The summed E-state index contributed by atoms with van der Waals surface area (Å²) in [5.74, 6) is -1.18. The van der Waals surface area contributed by atoms with E-state index < -0.39 is 5.97 Å². The molecule has 0 fully saturated rings. The van der Waals surface area contributed by atoms with Gasteiger partial charge in [0.05, 0.1) is 23.7 Å². The predicted molar refractivity (Wildman–Crippen MR) is 57.1 cm³/mol. The van der Waals surface area contributed by atoms with Crippen LogP contribution in [0, 0.1) is 0 Å². The number of carbonyl (C=O) groups excluding carboxylic acids is 1. The third-order valence-electron chi connectivity index (χ3n) is 2.11. The van der Waals surface area contributed by atoms with Gasteiger partial charge in [-0.2, -0.15) is 5.10 Å². The van der Waals surface area contributed by atoms with Crippen LogP contribution in [0.15, 0.2) is 36.7 Å². The topological polar surface area (TPSA) is 57.9 Å². The lowest BCUT2D eigenvalue weighted by atomic mass is 10.1. The summed E-state index contributed by atoms with van der Waals surface area (Å²) in [6, 6.07) is 6.55. The molecule has 0 saturated heterocycles. The van der Waals surface area contributed by atoms with E-state index in [1.165, 1.54) is 12.3 Å². The smallest absolute Gasteiger partial charge is 0.0785 e. The van der Waals surface area contributed by atoms with Crippen LogP contribution in [0.2, 0.25) is 5.02 Å². The van der Waals surface area contributed by atoms with Crippen molar-refractivity contribution in [3.05, 3.63) is 52.8 Å². The van der Waals surface area contributed by atoms with Crippen molar-refractivity contribution >= 4 is 17.6 Å². The second kappa shape index (κ2) is 4.37. The molecule has 1 heterocycles. The highest BCUT2D eigenvalue weighted by molar-refractivity contribution is 6.30. The third kappa shape index (κ3) is 2.41. The molecule has 0 aliphatic carbocycles. The number of rotatable bonds is 3. The van der Waals surface area contributed by atoms with Gasteiger partial charge in [0.15, 0.2) is 0 Å². The van der Waals surface area contributed by atoms with E-state index in [0.29, 0.717) is 11.6 Å². The molecule has 2 rings (SSSR count). The Hall–Kier alpha value is -1.81. The lowest BCUT2D eigenvalue weighted by Gasteiger charge is -2.06. The summed E-state index contributed by atoms with van der Waals surface area (Å²) in [6.07, 6.45) is 3.21. The summed E-state index contributed by atoms with van der Waals surface area (Å²) in [5, 5.41) is 15.2. The number of carboxylic acid groups (broad SMARTS) is 1. The predicted octanol–water partition coefficient (Wildman–Crippen LogP) is 0.948. The van der Waals surface area contributed by atoms with Crippen molar-refractivity contribution in [3.63, 3.8) is 0 Å². The number of carboxylic acids is 1. The minimum atomic E-state index is -1.18. The van der Waals surface area contributed by atoms with E-state index in [1.54, 1.807) is 23.0 Å². The van der Waals surface area contributed by atoms with Crippen LogP contribution in [0.1, 0.15) is 15.9 Å². The van der Waals surface area contributed by atoms with Gasteiger partial charge in [0.1, 0.15) is 0 Å². The molecule has 1 aromatic heterocycles. The fourth-order valence-corrected chi connectivity index (χ4v) is 1.56. The van der Waals surface area contributed by atoms with Crippen LogP contribution in [0.25, 0.3) is 0 Å². The van der Waals surface area contributed by atoms with E-state index in [9.17, 15) is 9.90 Å². The average molecular weight is 236 g/mol. The maximum absolute atomic E-state index is 10.7. The number of benzene rings is 1. The molecule has 82 valence electrons. The van der Waals surface area contributed by atoms with Gasteiger partial charge in [0.25, 0.3) is 0 Å². The van der Waals surface area contributed by atoms with E-state index in [-0.39, 0.29) is 5.56 Å². The molecule has 0 N–H and O–H groups in total. The fraction of sp³-hybridized carbons (Fsp3) is 0.0909. The van der Waals surface area contributed by atoms with E-state index in [4.69, 9.17) is 11.6 Å². The molecule has 0 bridgehead atoms. The number of hydrogen-bond donors (Lipinski definition) is 0. The van der Waals surface area contributed by atoms with Gasteiger partial charge in [-0.05, 0) is 17.2 Å². The Balaban J connectivity index is 2.21. The van der Waals surface area contributed by atoms with Crippen molar-refractivity contribution in [2.45, 2.75) is 6.54 Å². The first-order chi connectivity index (χ1) is 7.65. The molecule has 0 saturated carbocycles. The Bertz CT molecular complexity index is 522. The minimum Gasteiger partial charge on any atom is -0.545 e. The second-order valence-electron chi connectivity index (χ2n) is 3.34. The molecule has 0 aliphatic rings. The number of aromatic nitrogens is 2. The molecule has 0 atom stereocenters. The van der Waals surface area contributed by atoms with Gasteiger partial charge in [-0.25, -0.2) is 0 Å². The first-order valence-electron chi connectivity index (χ1n) is 4.63. The van der Waals surface area contributed by atoms with Crippen LogP contribution in [0.5, 0.6) is 0 Å². The zero-order valence-electron chi connectivity index (χ0n) is 8.26. The quantitative estimate of drug-likeness (QED) is 0.796. The summed E-state index contributed by atoms with van der Waals surface area (Å²) in [5.41, 5.74) is 0.997. The van der Waals surface area contributed by atoms with Crippen LogP contribution in [-0.4, -0.2) is 15.7 Å². The molecule has 16 heavy (non-hydrogen) atoms. The number of aromatic carboxylic acids is 1. The molecule has 0 amide bonds. The second-order valence-corrected chi connectivity index (χ2v) is 3.78. The number of hydrogen-bond acceptors (Lipinski definition) is 3. The Morgan fingerprint density at radius 1 is 1.50 bits per heavy atom. The number of nitrogens with zero attached hydrogens (tertiary/aromatic N) is 2. The highest BCUT2D eigenvalue weighted by Crippen LogP contribution is 2.09. The first-order valence-corrected chi connectivity index (χ1v) is 5.01. The van der Waals surface area contributed by atoms with Gasteiger partial charge in [0, 0.05) is 6.20 Å². The largest absolute Gasteiger partial charge is 0.545 e. The van der Waals surface area contributed by atoms with Crippen molar-refractivity contribution in [3.8, 4) is 0 Å². The van der Waals surface area contributed by atoms with Crippen LogP contribution in [0.4, 0.5) is 0 Å². The highest BCUT2D eigenvalue weighted by atomic mass is 35.5. The van der Waals surface area contributed by atoms with Gasteiger partial charge < -0.3 is 9.90 Å². The first kappa shape index (κ1) is 10.7. The van der Waals surface area contributed by atoms with Crippen LogP contribution in [0.3, 0.4) is 0 Å². The lowest BCUT2D eigenvalue weighted by molar-refractivity contribution is -0.255. The van der Waals surface area contributed by atoms with Gasteiger partial charge in [0.2, 0.25) is 0 Å². The molecule has 0 radical (unpaired) electrons. The summed E-state index contributed by atoms with van der Waals surface area (Å²) in [4.78, 5) is 10.7. The van der Waals surface area contributed by atoms with Crippen LogP contribution < -0.4 is 5.11 Å². The maximum Gasteiger partial charge on any atom is 0.0785 e. The fourth-order valence-electron chi connectivity index (χ4n) is 1.41. The van der Waals surface area contributed by atoms with Crippen molar-refractivity contribution in [2.75, 3.05) is 0 Å².